The highest BCUT2D eigenvalue weighted by molar-refractivity contribution is 7.81. The van der Waals surface area contributed by atoms with E-state index < -0.39 is 10.9 Å². The molecule has 0 aromatic heterocycles. The molecule has 2 atom stereocenters. The van der Waals surface area contributed by atoms with Crippen LogP contribution >= 0.6 is 12.6 Å². The topological polar surface area (TPSA) is 47.3 Å². The Morgan fingerprint density at radius 2 is 1.96 bits per heavy atom. The largest absolute Gasteiger partial charge is 0.507 e. The molecule has 0 aliphatic carbocycles. The maximum absolute atomic E-state index is 14.5. The van der Waals surface area contributed by atoms with Gasteiger partial charge in [0.2, 0.25) is 0 Å². The zero-order chi connectivity index (χ0) is 19.4. The molecule has 142 valence electrons. The number of hydrogen-bond acceptors (Lipinski definition) is 4. The smallest absolute Gasteiger partial charge is 0.128 e. The van der Waals surface area contributed by atoms with Gasteiger partial charge in [0.15, 0.2) is 0 Å². The fourth-order valence-corrected chi connectivity index (χ4v) is 3.83. The van der Waals surface area contributed by atoms with Gasteiger partial charge in [-0.3, -0.25) is 4.90 Å². The van der Waals surface area contributed by atoms with E-state index in [0.717, 1.165) is 23.1 Å². The SMILES string of the molecule is CCc1ccc(-c2ccc(CN3CCC(S)(CC#N)C(F)C3)cc2O)cc1. The lowest BCUT2D eigenvalue weighted by Gasteiger charge is -2.40. The Hall–Kier alpha value is -2.03. The molecule has 2 unspecified atom stereocenters. The predicted octanol–water partition coefficient (Wildman–Crippen LogP) is 4.75. The van der Waals surface area contributed by atoms with Crippen LogP contribution in [0, 0.1) is 11.3 Å². The molecule has 2 aromatic rings. The highest BCUT2D eigenvalue weighted by Gasteiger charge is 2.40. The Morgan fingerprint density at radius 1 is 1.26 bits per heavy atom. The Balaban J connectivity index is 1.69. The molecule has 0 radical (unpaired) electrons. The molecule has 1 N–H and O–H groups in total. The zero-order valence-corrected chi connectivity index (χ0v) is 16.4. The van der Waals surface area contributed by atoms with Crippen LogP contribution in [-0.2, 0) is 13.0 Å². The first-order valence-electron chi connectivity index (χ1n) is 9.32. The van der Waals surface area contributed by atoms with Crippen LogP contribution in [0.4, 0.5) is 4.39 Å². The molecule has 1 aliphatic heterocycles. The second-order valence-corrected chi connectivity index (χ2v) is 8.18. The summed E-state index contributed by atoms with van der Waals surface area (Å²) in [5, 5.41) is 19.3. The van der Waals surface area contributed by atoms with Gasteiger partial charge in [-0.05, 0) is 35.6 Å². The van der Waals surface area contributed by atoms with Gasteiger partial charge in [-0.25, -0.2) is 4.39 Å². The van der Waals surface area contributed by atoms with Crippen LogP contribution in [0.1, 0.15) is 30.9 Å². The third-order valence-corrected chi connectivity index (χ3v) is 6.05. The number of aromatic hydroxyl groups is 1. The van der Waals surface area contributed by atoms with Crippen molar-refractivity contribution in [2.45, 2.75) is 43.6 Å². The molecule has 5 heteroatoms. The summed E-state index contributed by atoms with van der Waals surface area (Å²) in [5.41, 5.74) is 3.99. The number of phenolic OH excluding ortho intramolecular Hbond substituents is 1. The van der Waals surface area contributed by atoms with Crippen LogP contribution in [0.25, 0.3) is 11.1 Å². The lowest BCUT2D eigenvalue weighted by atomic mass is 9.90. The number of nitriles is 1. The molecular weight excluding hydrogens is 359 g/mol. The van der Waals surface area contributed by atoms with Gasteiger partial charge < -0.3 is 5.11 Å². The zero-order valence-electron chi connectivity index (χ0n) is 15.5. The average Bonchev–Trinajstić information content (AvgIpc) is 2.66. The highest BCUT2D eigenvalue weighted by Crippen LogP contribution is 2.35. The van der Waals surface area contributed by atoms with Gasteiger partial charge in [-0.15, -0.1) is 0 Å². The average molecular weight is 385 g/mol. The van der Waals surface area contributed by atoms with Gasteiger partial charge >= 0.3 is 0 Å². The van der Waals surface area contributed by atoms with Crippen molar-refractivity contribution in [2.24, 2.45) is 0 Å². The fourth-order valence-electron chi connectivity index (χ4n) is 3.57. The van der Waals surface area contributed by atoms with Crippen LogP contribution in [0.2, 0.25) is 0 Å². The number of halogens is 1. The number of rotatable bonds is 5. The lowest BCUT2D eigenvalue weighted by Crippen LogP contribution is -2.49. The monoisotopic (exact) mass is 384 g/mol. The molecule has 0 saturated carbocycles. The standard InChI is InChI=1S/C22H25FN2OS/c1-2-16-3-6-18(7-4-16)19-8-5-17(13-20(19)26)14-25-12-10-22(27,9-11-24)21(23)15-25/h3-8,13,21,26-27H,2,9-10,12,14-15H2,1H3. The summed E-state index contributed by atoms with van der Waals surface area (Å²) in [5.74, 6) is 0.235. The van der Waals surface area contributed by atoms with Crippen molar-refractivity contribution in [3.63, 3.8) is 0 Å². The van der Waals surface area contributed by atoms with Crippen molar-refractivity contribution in [3.8, 4) is 22.9 Å². The minimum atomic E-state index is -1.14. The summed E-state index contributed by atoms with van der Waals surface area (Å²) in [6.07, 6.45) is 0.508. The number of hydrogen-bond donors (Lipinski definition) is 2. The van der Waals surface area contributed by atoms with E-state index >= 15 is 0 Å². The number of piperidine rings is 1. The number of likely N-dealkylation sites (tertiary alicyclic amines) is 1. The fraction of sp³-hybridized carbons (Fsp3) is 0.409. The molecule has 3 rings (SSSR count). The first kappa shape index (κ1) is 19.7. The summed E-state index contributed by atoms with van der Waals surface area (Å²) in [6, 6.07) is 15.9. The van der Waals surface area contributed by atoms with E-state index in [2.05, 4.69) is 31.7 Å². The van der Waals surface area contributed by atoms with Crippen LogP contribution in [0.5, 0.6) is 5.75 Å². The normalized spacial score (nSPS) is 23.1. The molecule has 3 nitrogen and oxygen atoms in total. The van der Waals surface area contributed by atoms with Crippen molar-refractivity contribution in [1.29, 1.82) is 5.26 Å². The molecule has 1 heterocycles. The number of alkyl halides is 1. The van der Waals surface area contributed by atoms with Crippen LogP contribution in [0.15, 0.2) is 42.5 Å². The molecule has 0 amide bonds. The number of phenols is 1. The summed E-state index contributed by atoms with van der Waals surface area (Å²) >= 11 is 4.41. The van der Waals surface area contributed by atoms with E-state index in [1.54, 1.807) is 6.07 Å². The summed E-state index contributed by atoms with van der Waals surface area (Å²) < 4.78 is 13.6. The summed E-state index contributed by atoms with van der Waals surface area (Å²) in [6.45, 7) is 3.63. The quantitative estimate of drug-likeness (QED) is 0.732. The van der Waals surface area contributed by atoms with Crippen molar-refractivity contribution in [3.05, 3.63) is 53.6 Å². The Kier molecular flexibility index (Phi) is 6.08. The predicted molar refractivity (Wildman–Crippen MR) is 110 cm³/mol. The maximum Gasteiger partial charge on any atom is 0.128 e. The first-order chi connectivity index (χ1) is 12.9. The van der Waals surface area contributed by atoms with Gasteiger partial charge in [-0.2, -0.15) is 17.9 Å². The number of benzene rings is 2. The van der Waals surface area contributed by atoms with Crippen molar-refractivity contribution in [1.82, 2.24) is 4.90 Å². The molecule has 1 saturated heterocycles. The molecular formula is C22H25FN2OS. The van der Waals surface area contributed by atoms with Gasteiger partial charge in [0.1, 0.15) is 11.9 Å². The van der Waals surface area contributed by atoms with Crippen molar-refractivity contribution < 1.29 is 9.50 Å². The molecule has 0 bridgehead atoms. The number of nitrogens with zero attached hydrogens (tertiary/aromatic N) is 2. The minimum absolute atomic E-state index is 0.122. The Labute approximate surface area is 165 Å². The van der Waals surface area contributed by atoms with Crippen molar-refractivity contribution >= 4 is 12.6 Å². The third kappa shape index (κ3) is 4.45. The van der Waals surface area contributed by atoms with Crippen LogP contribution < -0.4 is 0 Å². The van der Waals surface area contributed by atoms with Crippen LogP contribution in [0.3, 0.4) is 0 Å². The lowest BCUT2D eigenvalue weighted by molar-refractivity contribution is 0.101. The molecule has 1 fully saturated rings. The number of thiol groups is 1. The third-order valence-electron chi connectivity index (χ3n) is 5.39. The van der Waals surface area contributed by atoms with E-state index in [9.17, 15) is 9.50 Å². The second-order valence-electron chi connectivity index (χ2n) is 7.29. The highest BCUT2D eigenvalue weighted by atomic mass is 32.1. The molecule has 1 aliphatic rings. The van der Waals surface area contributed by atoms with Gasteiger partial charge in [-0.1, -0.05) is 43.3 Å². The molecule has 27 heavy (non-hydrogen) atoms. The summed E-state index contributed by atoms with van der Waals surface area (Å²) in [4.78, 5) is 2.01. The Morgan fingerprint density at radius 3 is 2.56 bits per heavy atom. The first-order valence-corrected chi connectivity index (χ1v) is 9.77. The van der Waals surface area contributed by atoms with Gasteiger partial charge in [0.25, 0.3) is 0 Å². The second kappa shape index (κ2) is 8.33. The maximum atomic E-state index is 14.5. The molecule has 0 spiro atoms. The molecule has 2 aromatic carbocycles. The van der Waals surface area contributed by atoms with E-state index in [1.807, 2.05) is 35.2 Å². The van der Waals surface area contributed by atoms with Crippen molar-refractivity contribution in [2.75, 3.05) is 13.1 Å². The summed E-state index contributed by atoms with van der Waals surface area (Å²) in [7, 11) is 0. The number of aryl methyl sites for hydroxylation is 1. The van der Waals surface area contributed by atoms with Crippen LogP contribution in [-0.4, -0.2) is 34.0 Å². The van der Waals surface area contributed by atoms with Gasteiger partial charge in [0.05, 0.1) is 17.2 Å². The minimum Gasteiger partial charge on any atom is -0.507 e. The van der Waals surface area contributed by atoms with E-state index in [1.165, 1.54) is 5.56 Å². The van der Waals surface area contributed by atoms with E-state index in [0.29, 0.717) is 19.5 Å². The Bertz CT molecular complexity index is 833. The van der Waals surface area contributed by atoms with E-state index in [-0.39, 0.29) is 18.7 Å². The van der Waals surface area contributed by atoms with Gasteiger partial charge in [0, 0.05) is 25.2 Å². The van der Waals surface area contributed by atoms with E-state index in [4.69, 9.17) is 5.26 Å².